The zero-order valence-electron chi connectivity index (χ0n) is 30.7. The van der Waals surface area contributed by atoms with Crippen molar-refractivity contribution in [2.45, 2.75) is 168 Å². The van der Waals surface area contributed by atoms with Gasteiger partial charge in [0.15, 0.2) is 6.10 Å². The largest absolute Gasteiger partial charge is 0.498 e. The Labute approximate surface area is 294 Å². The van der Waals surface area contributed by atoms with Crippen LogP contribution < -0.4 is 5.73 Å². The molecule has 0 saturated heterocycles. The molecule has 3 N–H and O–H groups in total. The molecule has 0 amide bonds. The Balaban J connectivity index is 4.23. The molecule has 0 aliphatic heterocycles. The Morgan fingerprint density at radius 2 is 1.12 bits per heavy atom. The van der Waals surface area contributed by atoms with Crippen LogP contribution in [0.4, 0.5) is 0 Å². The van der Waals surface area contributed by atoms with E-state index in [0.717, 1.165) is 38.5 Å². The molecular weight excluding hydrogens is 625 g/mol. The molecule has 0 fully saturated rings. The molecule has 0 spiro atoms. The minimum absolute atomic E-state index is 0.0163. The molecule has 0 aliphatic carbocycles. The molecule has 8 nitrogen and oxygen atoms in total. The SMILES string of the molecule is CCCCCC=CCC=CCC=CCCCCC(=O)OC(COC=CCCCCCCCCCCCCCC)COP(=O)(O)OCCN. The summed E-state index contributed by atoms with van der Waals surface area (Å²) < 4.78 is 33.0. The monoisotopic (exact) mass is 698 g/mol. The number of allylic oxidation sites excluding steroid dienone is 7. The molecule has 2 unspecified atom stereocenters. The van der Waals surface area contributed by atoms with Crippen LogP contribution in [-0.2, 0) is 27.9 Å². The van der Waals surface area contributed by atoms with E-state index in [4.69, 9.17) is 24.3 Å². The van der Waals surface area contributed by atoms with E-state index in [9.17, 15) is 14.3 Å². The molecule has 280 valence electrons. The van der Waals surface area contributed by atoms with E-state index < -0.39 is 19.9 Å². The number of carbonyl (C=O) groups excluding carboxylic acids is 1. The van der Waals surface area contributed by atoms with Gasteiger partial charge in [0.25, 0.3) is 0 Å². The fraction of sp³-hybridized carbons (Fsp3) is 0.769. The fourth-order valence-electron chi connectivity index (χ4n) is 4.97. The number of nitrogens with two attached hydrogens (primary N) is 1. The second-order valence-electron chi connectivity index (χ2n) is 12.5. The molecule has 0 radical (unpaired) electrons. The molecule has 0 aromatic rings. The molecule has 0 aliphatic rings. The van der Waals surface area contributed by atoms with Gasteiger partial charge in [0.2, 0.25) is 0 Å². The third-order valence-electron chi connectivity index (χ3n) is 7.81. The van der Waals surface area contributed by atoms with Gasteiger partial charge in [0.1, 0.15) is 6.61 Å². The third-order valence-corrected chi connectivity index (χ3v) is 8.80. The minimum Gasteiger partial charge on any atom is -0.498 e. The standard InChI is InChI=1S/C39H72NO7P/c1-3-5-7-9-11-13-15-17-19-20-22-24-26-28-30-32-39(41)47-38(37-46-48(42,43)45-35-33-40)36-44-34-31-29-27-25-23-21-18-16-14-12-10-8-6-4-2/h11,13,17,19,22,24,31,34,38H,3-10,12,14-16,18,20-21,23,25-30,32-33,35-37,40H2,1-2H3,(H,42,43). The number of hydrogen-bond acceptors (Lipinski definition) is 7. The first-order chi connectivity index (χ1) is 23.4. The highest BCUT2D eigenvalue weighted by atomic mass is 31.2. The zero-order valence-corrected chi connectivity index (χ0v) is 31.6. The number of carbonyl (C=O) groups is 1. The van der Waals surface area contributed by atoms with Crippen LogP contribution in [0.15, 0.2) is 48.8 Å². The van der Waals surface area contributed by atoms with Gasteiger partial charge in [0, 0.05) is 13.0 Å². The van der Waals surface area contributed by atoms with Gasteiger partial charge in [-0.2, -0.15) is 0 Å². The lowest BCUT2D eigenvalue weighted by molar-refractivity contribution is -0.153. The maximum Gasteiger partial charge on any atom is 0.472 e. The highest BCUT2D eigenvalue weighted by Gasteiger charge is 2.25. The highest BCUT2D eigenvalue weighted by Crippen LogP contribution is 2.43. The quantitative estimate of drug-likeness (QED) is 0.0218. The van der Waals surface area contributed by atoms with Crippen LogP contribution in [0, 0.1) is 0 Å². The smallest absolute Gasteiger partial charge is 0.472 e. The lowest BCUT2D eigenvalue weighted by Gasteiger charge is -2.19. The predicted molar refractivity (Wildman–Crippen MR) is 201 cm³/mol. The summed E-state index contributed by atoms with van der Waals surface area (Å²) in [4.78, 5) is 22.3. The maximum atomic E-state index is 12.5. The van der Waals surface area contributed by atoms with Crippen LogP contribution in [-0.4, -0.2) is 43.3 Å². The van der Waals surface area contributed by atoms with E-state index >= 15 is 0 Å². The average molecular weight is 698 g/mol. The van der Waals surface area contributed by atoms with E-state index in [-0.39, 0.29) is 32.8 Å². The second-order valence-corrected chi connectivity index (χ2v) is 14.0. The average Bonchev–Trinajstić information content (AvgIpc) is 3.07. The number of phosphoric ester groups is 1. The summed E-state index contributed by atoms with van der Waals surface area (Å²) in [5.41, 5.74) is 5.34. The van der Waals surface area contributed by atoms with Crippen molar-refractivity contribution in [3.63, 3.8) is 0 Å². The van der Waals surface area contributed by atoms with Crippen molar-refractivity contribution >= 4 is 13.8 Å². The third kappa shape index (κ3) is 35.6. The van der Waals surface area contributed by atoms with Gasteiger partial charge in [-0.05, 0) is 63.9 Å². The highest BCUT2D eigenvalue weighted by molar-refractivity contribution is 7.47. The normalized spacial score (nSPS) is 14.1. The second kappa shape index (κ2) is 36.6. The Kier molecular flexibility index (Phi) is 35.3. The van der Waals surface area contributed by atoms with Crippen molar-refractivity contribution in [3.8, 4) is 0 Å². The number of phosphoric acid groups is 1. The van der Waals surface area contributed by atoms with Crippen molar-refractivity contribution in [1.82, 2.24) is 0 Å². The molecule has 9 heteroatoms. The lowest BCUT2D eigenvalue weighted by Crippen LogP contribution is -2.27. The molecule has 0 heterocycles. The Morgan fingerprint density at radius 3 is 1.71 bits per heavy atom. The number of unbranched alkanes of at least 4 members (excludes halogenated alkanes) is 17. The lowest BCUT2D eigenvalue weighted by atomic mass is 10.0. The van der Waals surface area contributed by atoms with Crippen molar-refractivity contribution in [3.05, 3.63) is 48.8 Å². The van der Waals surface area contributed by atoms with E-state index in [1.165, 1.54) is 96.3 Å². The van der Waals surface area contributed by atoms with Crippen LogP contribution in [0.1, 0.15) is 162 Å². The first kappa shape index (κ1) is 46.3. The number of hydrogen-bond donors (Lipinski definition) is 2. The molecule has 0 aromatic heterocycles. The Bertz CT molecular complexity index is 874. The number of rotatable bonds is 36. The summed E-state index contributed by atoms with van der Waals surface area (Å²) in [5, 5.41) is 0. The van der Waals surface area contributed by atoms with E-state index in [1.54, 1.807) is 6.26 Å². The van der Waals surface area contributed by atoms with Crippen molar-refractivity contribution in [2.24, 2.45) is 5.73 Å². The van der Waals surface area contributed by atoms with Gasteiger partial charge in [-0.1, -0.05) is 134 Å². The summed E-state index contributed by atoms with van der Waals surface area (Å²) in [6, 6.07) is 0. The summed E-state index contributed by atoms with van der Waals surface area (Å²) in [6.45, 7) is 4.15. The zero-order chi connectivity index (χ0) is 35.2. The molecule has 0 saturated carbocycles. The van der Waals surface area contributed by atoms with E-state index in [2.05, 4.69) is 50.3 Å². The summed E-state index contributed by atoms with van der Waals surface area (Å²) in [7, 11) is -4.30. The van der Waals surface area contributed by atoms with Crippen molar-refractivity contribution in [1.29, 1.82) is 0 Å². The van der Waals surface area contributed by atoms with Crippen molar-refractivity contribution in [2.75, 3.05) is 26.4 Å². The van der Waals surface area contributed by atoms with E-state index in [1.807, 2.05) is 6.08 Å². The minimum atomic E-state index is -4.30. The number of esters is 1. The molecule has 0 aromatic carbocycles. The van der Waals surface area contributed by atoms with Crippen LogP contribution in [0.2, 0.25) is 0 Å². The first-order valence-electron chi connectivity index (χ1n) is 19.2. The fourth-order valence-corrected chi connectivity index (χ4v) is 5.73. The van der Waals surface area contributed by atoms with E-state index in [0.29, 0.717) is 6.42 Å². The van der Waals surface area contributed by atoms with Crippen molar-refractivity contribution < 1.29 is 32.8 Å². The molecule has 0 bridgehead atoms. The molecule has 48 heavy (non-hydrogen) atoms. The van der Waals surface area contributed by atoms with Gasteiger partial charge >= 0.3 is 13.8 Å². The van der Waals surface area contributed by atoms with Crippen LogP contribution >= 0.6 is 7.82 Å². The topological polar surface area (TPSA) is 117 Å². The van der Waals surface area contributed by atoms with Gasteiger partial charge in [-0.25, -0.2) is 4.57 Å². The molecule has 0 rings (SSSR count). The van der Waals surface area contributed by atoms with Crippen LogP contribution in [0.3, 0.4) is 0 Å². The van der Waals surface area contributed by atoms with Gasteiger partial charge in [0.05, 0.1) is 19.5 Å². The summed E-state index contributed by atoms with van der Waals surface area (Å²) in [5.74, 6) is -0.391. The van der Waals surface area contributed by atoms with Gasteiger partial charge in [-0.3, -0.25) is 13.8 Å². The summed E-state index contributed by atoms with van der Waals surface area (Å²) >= 11 is 0. The Hall–Kier alpha value is -1.70. The maximum absolute atomic E-state index is 12.5. The van der Waals surface area contributed by atoms with Gasteiger partial charge in [-0.15, -0.1) is 0 Å². The molecular formula is C39H72NO7P. The van der Waals surface area contributed by atoms with Gasteiger partial charge < -0.3 is 20.1 Å². The first-order valence-corrected chi connectivity index (χ1v) is 20.7. The van der Waals surface area contributed by atoms with Crippen LogP contribution in [0.25, 0.3) is 0 Å². The van der Waals surface area contributed by atoms with Crippen LogP contribution in [0.5, 0.6) is 0 Å². The Morgan fingerprint density at radius 1 is 0.646 bits per heavy atom. The molecule has 2 atom stereocenters. The number of ether oxygens (including phenoxy) is 2. The summed E-state index contributed by atoms with van der Waals surface area (Å²) in [6.07, 6.45) is 42.2. The predicted octanol–water partition coefficient (Wildman–Crippen LogP) is 11.2.